The van der Waals surface area contributed by atoms with Gasteiger partial charge in [0, 0.05) is 50.8 Å². The summed E-state index contributed by atoms with van der Waals surface area (Å²) in [4.78, 5) is 66.1. The van der Waals surface area contributed by atoms with Crippen LogP contribution >= 0.6 is 25.0 Å². The molecule has 2 aromatic rings. The van der Waals surface area contributed by atoms with Gasteiger partial charge >= 0.3 is 6.18 Å². The number of nitriles is 1. The van der Waals surface area contributed by atoms with E-state index in [0.717, 1.165) is 64.0 Å². The molecule has 14 nitrogen and oxygen atoms in total. The molecule has 1 saturated carbocycles. The van der Waals surface area contributed by atoms with Crippen LogP contribution in [0.2, 0.25) is 0 Å². The molecular formula is C39H51ClF3N9O5S. The van der Waals surface area contributed by atoms with Gasteiger partial charge < -0.3 is 15.0 Å². The van der Waals surface area contributed by atoms with Crippen molar-refractivity contribution in [2.75, 3.05) is 43.0 Å². The first-order valence-corrected chi connectivity index (χ1v) is 20.0. The quantitative estimate of drug-likeness (QED) is 0.163. The number of anilines is 2. The number of imide groups is 1. The molecule has 4 fully saturated rings. The summed E-state index contributed by atoms with van der Waals surface area (Å²) in [5.41, 5.74) is -2.73. The number of carbonyl (C=O) groups excluding carboxylic acids is 4. The van der Waals surface area contributed by atoms with Crippen LogP contribution < -0.4 is 15.5 Å². The number of pyridine rings is 2. The second-order valence-electron chi connectivity index (χ2n) is 16.0. The molecule has 2 unspecified atom stereocenters. The Kier molecular flexibility index (Phi) is 14.5. The molecule has 6 rings (SSSR count). The van der Waals surface area contributed by atoms with Gasteiger partial charge in [-0.05, 0) is 84.4 Å². The molecule has 0 aromatic carbocycles. The Balaban J connectivity index is 0.00000641. The molecule has 58 heavy (non-hydrogen) atoms. The van der Waals surface area contributed by atoms with Crippen LogP contribution in [-0.2, 0) is 30.1 Å². The molecule has 5 heterocycles. The summed E-state index contributed by atoms with van der Waals surface area (Å²) < 4.78 is 47.4. The van der Waals surface area contributed by atoms with Crippen molar-refractivity contribution >= 4 is 60.0 Å². The molecule has 0 bridgehead atoms. The van der Waals surface area contributed by atoms with Crippen molar-refractivity contribution in [3.8, 4) is 6.07 Å². The lowest BCUT2D eigenvalue weighted by Crippen LogP contribution is -2.58. The first-order valence-electron chi connectivity index (χ1n) is 19.4. The van der Waals surface area contributed by atoms with Gasteiger partial charge in [0.1, 0.15) is 11.6 Å². The molecule has 1 aliphatic carbocycles. The summed E-state index contributed by atoms with van der Waals surface area (Å²) >= 11 is 4.73. The van der Waals surface area contributed by atoms with E-state index in [0.29, 0.717) is 24.4 Å². The molecule has 4 atom stereocenters. The van der Waals surface area contributed by atoms with Crippen molar-refractivity contribution in [2.24, 2.45) is 0 Å². The number of hydrogen-bond donors (Lipinski definition) is 3. The van der Waals surface area contributed by atoms with Gasteiger partial charge in [-0.2, -0.15) is 18.4 Å². The van der Waals surface area contributed by atoms with Crippen LogP contribution in [0.25, 0.3) is 0 Å². The Bertz CT molecular complexity index is 1860. The third kappa shape index (κ3) is 9.94. The number of piperidine rings is 1. The zero-order chi connectivity index (χ0) is 41.2. The molecule has 3 aliphatic heterocycles. The third-order valence-electron chi connectivity index (χ3n) is 11.6. The number of thiol groups is 1. The first-order chi connectivity index (χ1) is 27.0. The van der Waals surface area contributed by atoms with Crippen LogP contribution in [0.5, 0.6) is 0 Å². The van der Waals surface area contributed by atoms with Gasteiger partial charge in [-0.1, -0.05) is 0 Å². The highest BCUT2D eigenvalue weighted by Crippen LogP contribution is 2.43. The minimum Gasteiger partial charge on any atom is -0.378 e. The summed E-state index contributed by atoms with van der Waals surface area (Å²) in [5.74, 6) is -1.65. The molecule has 3 saturated heterocycles. The highest BCUT2D eigenvalue weighted by atomic mass is 35.5. The maximum atomic E-state index is 13.7. The SMILES string of the molecule is C[C@@H]1CN(CCCOC2CCC(N3C(S)N(c4cnc(C#N)c(C(F)(F)F)c4)C(=O)C3(C)C)CC2)C[C@H](C)N1CC(=O)Nc1ccc(C2CCC(=O)NC2=O)nc1.Cl. The van der Waals surface area contributed by atoms with Gasteiger partial charge in [-0.25, -0.2) is 4.98 Å². The Morgan fingerprint density at radius 2 is 1.76 bits per heavy atom. The highest BCUT2D eigenvalue weighted by molar-refractivity contribution is 7.81. The lowest BCUT2D eigenvalue weighted by molar-refractivity contribution is -0.138. The third-order valence-corrected chi connectivity index (χ3v) is 12.1. The highest BCUT2D eigenvalue weighted by Gasteiger charge is 2.54. The molecule has 4 aliphatic rings. The van der Waals surface area contributed by atoms with E-state index in [4.69, 9.17) is 22.6 Å². The molecule has 2 aromatic heterocycles. The van der Waals surface area contributed by atoms with Gasteiger partial charge in [-0.3, -0.25) is 44.2 Å². The minimum absolute atomic E-state index is 0. The second kappa shape index (κ2) is 18.6. The number of ether oxygens (including phenoxy) is 1. The number of carbonyl (C=O) groups is 4. The van der Waals surface area contributed by atoms with Crippen molar-refractivity contribution in [3.63, 3.8) is 0 Å². The first kappa shape index (κ1) is 45.2. The van der Waals surface area contributed by atoms with Crippen LogP contribution in [0.3, 0.4) is 0 Å². The number of alkyl halides is 3. The fourth-order valence-electron chi connectivity index (χ4n) is 8.73. The largest absolute Gasteiger partial charge is 0.419 e. The molecule has 2 N–H and O–H groups in total. The fourth-order valence-corrected chi connectivity index (χ4v) is 9.44. The predicted octanol–water partition coefficient (Wildman–Crippen LogP) is 4.70. The summed E-state index contributed by atoms with van der Waals surface area (Å²) in [7, 11) is 0. The van der Waals surface area contributed by atoms with Gasteiger partial charge in [0.2, 0.25) is 23.6 Å². The van der Waals surface area contributed by atoms with E-state index in [1.165, 1.54) is 17.2 Å². The van der Waals surface area contributed by atoms with E-state index in [1.54, 1.807) is 26.0 Å². The maximum Gasteiger partial charge on any atom is 0.419 e. The molecular weight excluding hydrogens is 799 g/mol. The Hall–Kier alpha value is -3.86. The van der Waals surface area contributed by atoms with E-state index < -0.39 is 34.4 Å². The molecule has 4 amide bonds. The van der Waals surface area contributed by atoms with Crippen LogP contribution in [0.4, 0.5) is 24.5 Å². The topological polar surface area (TPSA) is 164 Å². The lowest BCUT2D eigenvalue weighted by atomic mass is 9.89. The molecule has 316 valence electrons. The standard InChI is InChI=1S/C39H50F3N9O5S.ClH/c1-23-20-48(21-24(2)49(23)22-34(53)46-25-6-12-31(44-18-25)29-11-13-33(52)47-35(29)54)14-5-15-56-28-9-7-26(8-10-28)51-37(57)50(36(55)38(51,3)4)27-16-30(39(40,41)42)32(17-43)45-19-27;/h6,12,16,18-19,23-24,26,28-29,37,57H,5,7-11,13-15,20-22H2,1-4H3,(H,46,53)(H,47,52,54);1H/t23-,24+,26?,28?,29?,37?;. The van der Waals surface area contributed by atoms with Gasteiger partial charge in [-0.15, -0.1) is 25.0 Å². The Morgan fingerprint density at radius 3 is 2.36 bits per heavy atom. The summed E-state index contributed by atoms with van der Waals surface area (Å²) in [6, 6.07) is 5.97. The zero-order valence-electron chi connectivity index (χ0n) is 33.0. The van der Waals surface area contributed by atoms with Gasteiger partial charge in [0.05, 0.1) is 59.1 Å². The van der Waals surface area contributed by atoms with Crippen molar-refractivity contribution < 1.29 is 37.1 Å². The van der Waals surface area contributed by atoms with E-state index in [-0.39, 0.29) is 78.9 Å². The van der Waals surface area contributed by atoms with Crippen LogP contribution in [0, 0.1) is 11.3 Å². The zero-order valence-corrected chi connectivity index (χ0v) is 34.7. The Labute approximate surface area is 348 Å². The average molecular weight is 850 g/mol. The van der Waals surface area contributed by atoms with Gasteiger partial charge in [0.25, 0.3) is 0 Å². The number of rotatable bonds is 11. The van der Waals surface area contributed by atoms with Gasteiger partial charge in [0.15, 0.2) is 5.69 Å². The van der Waals surface area contributed by atoms with E-state index >= 15 is 0 Å². The summed E-state index contributed by atoms with van der Waals surface area (Å²) in [6.07, 6.45) is 2.46. The van der Waals surface area contributed by atoms with Crippen LogP contribution in [-0.4, -0.2) is 116 Å². The van der Waals surface area contributed by atoms with Crippen LogP contribution in [0.1, 0.15) is 95.5 Å². The number of nitrogens with one attached hydrogen (secondary N) is 2. The van der Waals surface area contributed by atoms with E-state index in [1.807, 2.05) is 4.90 Å². The lowest BCUT2D eigenvalue weighted by Gasteiger charge is -2.44. The maximum absolute atomic E-state index is 13.7. The monoisotopic (exact) mass is 849 g/mol. The molecule has 19 heteroatoms. The van der Waals surface area contributed by atoms with E-state index in [2.05, 4.69) is 44.2 Å². The number of aromatic nitrogens is 2. The molecule has 0 spiro atoms. The van der Waals surface area contributed by atoms with Crippen molar-refractivity contribution in [2.45, 2.75) is 120 Å². The Morgan fingerprint density at radius 1 is 1.07 bits per heavy atom. The predicted molar refractivity (Wildman–Crippen MR) is 214 cm³/mol. The fraction of sp³-hybridized carbons (Fsp3) is 0.615. The number of amides is 4. The summed E-state index contributed by atoms with van der Waals surface area (Å²) in [6.45, 7) is 11.1. The minimum atomic E-state index is -4.80. The number of piperazine rings is 1. The summed E-state index contributed by atoms with van der Waals surface area (Å²) in [5, 5.41) is 14.4. The number of halogens is 4. The number of hydrogen-bond acceptors (Lipinski definition) is 12. The van der Waals surface area contributed by atoms with Crippen molar-refractivity contribution in [1.29, 1.82) is 5.26 Å². The number of nitrogens with zero attached hydrogens (tertiary/aromatic N) is 7. The van der Waals surface area contributed by atoms with E-state index in [9.17, 15) is 32.3 Å². The van der Waals surface area contributed by atoms with Crippen molar-refractivity contribution in [1.82, 2.24) is 30.0 Å². The van der Waals surface area contributed by atoms with Crippen LogP contribution in [0.15, 0.2) is 30.6 Å². The smallest absolute Gasteiger partial charge is 0.378 e. The normalized spacial score (nSPS) is 27.2. The second-order valence-corrected chi connectivity index (χ2v) is 16.5. The average Bonchev–Trinajstić information content (AvgIpc) is 3.33. The van der Waals surface area contributed by atoms with Crippen molar-refractivity contribution in [3.05, 3.63) is 47.5 Å². The molecule has 0 radical (unpaired) electrons.